The van der Waals surface area contributed by atoms with Crippen LogP contribution in [0.2, 0.25) is 0 Å². The molecule has 0 aliphatic carbocycles. The molecule has 8 aromatic carbocycles. The summed E-state index contributed by atoms with van der Waals surface area (Å²) >= 11 is 1.78. The van der Waals surface area contributed by atoms with Gasteiger partial charge in [0.25, 0.3) is 0 Å². The molecular weight excluding hydrogens is 765 g/mol. The van der Waals surface area contributed by atoms with E-state index in [9.17, 15) is 11.8 Å². The van der Waals surface area contributed by atoms with Crippen molar-refractivity contribution in [2.75, 3.05) is 0 Å². The lowest BCUT2D eigenvalue weighted by atomic mass is 9.88. The van der Waals surface area contributed by atoms with E-state index in [1.165, 1.54) is 4.70 Å². The van der Waals surface area contributed by atoms with E-state index in [0.29, 0.717) is 28.2 Å². The third-order valence-corrected chi connectivity index (χ3v) is 13.6. The second-order valence-electron chi connectivity index (χ2n) is 15.5. The highest BCUT2D eigenvalue weighted by Crippen LogP contribution is 2.54. The summed E-state index contributed by atoms with van der Waals surface area (Å²) in [5, 5.41) is 22.6. The Morgan fingerprint density at radius 3 is 1.69 bits per heavy atom. The molecule has 0 aliphatic rings. The monoisotopic (exact) mass is 792 g/mol. The average molecular weight is 793 g/mol. The van der Waals surface area contributed by atoms with Gasteiger partial charge in [0.2, 0.25) is 5.69 Å². The molecule has 5 heterocycles. The Labute approximate surface area is 352 Å². The van der Waals surface area contributed by atoms with Crippen LogP contribution in [-0.2, 0) is 0 Å². The van der Waals surface area contributed by atoms with Gasteiger partial charge in [0.1, 0.15) is 6.07 Å². The van der Waals surface area contributed by atoms with Gasteiger partial charge in [0.15, 0.2) is 0 Å². The number of pyridine rings is 2. The minimum Gasteiger partial charge on any atom is -0.315 e. The van der Waals surface area contributed by atoms with E-state index in [1.807, 2.05) is 73.3 Å². The summed E-state index contributed by atoms with van der Waals surface area (Å²) in [5.74, 6) is 0. The lowest BCUT2D eigenvalue weighted by Gasteiger charge is -2.25. The third-order valence-electron chi connectivity index (χ3n) is 12.5. The van der Waals surface area contributed by atoms with E-state index in [1.54, 1.807) is 11.3 Å². The van der Waals surface area contributed by atoms with Gasteiger partial charge in [-0.05, 0) is 40.1 Å². The standard InChI is InChI=1S/C54H28N6S/c1-56-51-46(31-14-4-2-5-15-31)38(26-55)53(60-41-22-12-10-20-35(41)36-24-25-45-50(52(36)60)37-21-11-13-23-44(37)61-45)47(32-16-6-3-7-17-32)54(51)59-42-29-57-27-39-33-18-8-9-19-34(33)40-28-58-30-43(59)49(40)48(39)42/h2-25,27-30H. The number of rotatable bonds is 4. The van der Waals surface area contributed by atoms with E-state index in [4.69, 9.17) is 9.97 Å². The summed E-state index contributed by atoms with van der Waals surface area (Å²) in [6.07, 6.45) is 7.74. The summed E-state index contributed by atoms with van der Waals surface area (Å²) in [4.78, 5) is 14.3. The molecule has 0 bridgehead atoms. The Morgan fingerprint density at radius 2 is 1.05 bits per heavy atom. The number of hydrogen-bond donors (Lipinski definition) is 0. The Balaban J connectivity index is 1.35. The first-order valence-electron chi connectivity index (χ1n) is 20.1. The first-order chi connectivity index (χ1) is 30.2. The molecule has 61 heavy (non-hydrogen) atoms. The maximum atomic E-state index is 11.8. The first-order valence-corrected chi connectivity index (χ1v) is 20.9. The van der Waals surface area contributed by atoms with Crippen LogP contribution in [0, 0.1) is 17.9 Å². The molecule has 0 radical (unpaired) electrons. The number of aromatic nitrogens is 4. The molecule has 0 fully saturated rings. The fraction of sp³-hybridized carbons (Fsp3) is 0. The van der Waals surface area contributed by atoms with Gasteiger partial charge in [0, 0.05) is 76.0 Å². The van der Waals surface area contributed by atoms with E-state index in [-0.39, 0.29) is 0 Å². The van der Waals surface area contributed by atoms with Gasteiger partial charge in [-0.2, -0.15) is 5.26 Å². The lowest BCUT2D eigenvalue weighted by Crippen LogP contribution is -2.09. The first kappa shape index (κ1) is 33.6. The summed E-state index contributed by atoms with van der Waals surface area (Å²) in [5.41, 5.74) is 8.92. The number of fused-ring (bicyclic) bond motifs is 10. The van der Waals surface area contributed by atoms with Crippen LogP contribution in [0.5, 0.6) is 0 Å². The molecule has 0 aliphatic heterocycles. The number of nitriles is 1. The van der Waals surface area contributed by atoms with Crippen LogP contribution < -0.4 is 0 Å². The molecule has 0 N–H and O–H groups in total. The molecule has 13 aromatic rings. The maximum Gasteiger partial charge on any atom is 0.220 e. The van der Waals surface area contributed by atoms with Crippen molar-refractivity contribution in [1.82, 2.24) is 19.1 Å². The van der Waals surface area contributed by atoms with E-state index >= 15 is 0 Å². The number of thiophene rings is 1. The van der Waals surface area contributed by atoms with Crippen LogP contribution in [-0.4, -0.2) is 19.1 Å². The van der Waals surface area contributed by atoms with E-state index in [0.717, 1.165) is 97.3 Å². The number of nitrogens with zero attached hydrogens (tertiary/aromatic N) is 6. The SMILES string of the molecule is [C-]#[N+]c1c(-c2ccccc2)c(C#N)c(-n2c3ccccc3c3ccc4sc5ccccc5c4c32)c(-c2ccccc2)c1-n1c2cncc3c4ccccc4c4cncc1c4c32. The Bertz CT molecular complexity index is 3980. The minimum absolute atomic E-state index is 0.378. The molecule has 0 amide bonds. The van der Waals surface area contributed by atoms with Gasteiger partial charge in [-0.3, -0.25) is 9.97 Å². The van der Waals surface area contributed by atoms with Crippen LogP contribution in [0.1, 0.15) is 5.56 Å². The highest BCUT2D eigenvalue weighted by molar-refractivity contribution is 7.26. The topological polar surface area (TPSA) is 63.8 Å². The molecule has 13 rings (SSSR count). The van der Waals surface area contributed by atoms with Crippen LogP contribution in [0.4, 0.5) is 5.69 Å². The Kier molecular flexibility index (Phi) is 6.92. The van der Waals surface area contributed by atoms with Crippen molar-refractivity contribution < 1.29 is 0 Å². The molecule has 0 saturated heterocycles. The molecule has 0 spiro atoms. The van der Waals surface area contributed by atoms with Crippen molar-refractivity contribution in [3.05, 3.63) is 187 Å². The highest BCUT2D eigenvalue weighted by atomic mass is 32.1. The molecule has 280 valence electrons. The van der Waals surface area contributed by atoms with Gasteiger partial charge in [-0.15, -0.1) is 11.3 Å². The molecule has 0 atom stereocenters. The summed E-state index contributed by atoms with van der Waals surface area (Å²) in [7, 11) is 0. The third kappa shape index (κ3) is 4.42. The normalized spacial score (nSPS) is 11.9. The highest BCUT2D eigenvalue weighted by Gasteiger charge is 2.33. The van der Waals surface area contributed by atoms with Crippen LogP contribution >= 0.6 is 11.3 Å². The van der Waals surface area contributed by atoms with Crippen molar-refractivity contribution >= 4 is 102 Å². The summed E-state index contributed by atoms with van der Waals surface area (Å²) < 4.78 is 6.89. The Hall–Kier alpha value is -8.36. The van der Waals surface area contributed by atoms with Gasteiger partial charge < -0.3 is 9.13 Å². The lowest BCUT2D eigenvalue weighted by molar-refractivity contribution is 1.13. The van der Waals surface area contributed by atoms with Gasteiger partial charge in [-0.25, -0.2) is 4.85 Å². The minimum atomic E-state index is 0.378. The largest absolute Gasteiger partial charge is 0.315 e. The molecule has 6 nitrogen and oxygen atoms in total. The Morgan fingerprint density at radius 1 is 0.475 bits per heavy atom. The number of hydrogen-bond acceptors (Lipinski definition) is 4. The molecule has 5 aromatic heterocycles. The number of benzene rings is 8. The van der Waals surface area contributed by atoms with Crippen molar-refractivity contribution in [3.8, 4) is 39.7 Å². The van der Waals surface area contributed by atoms with Crippen molar-refractivity contribution in [2.24, 2.45) is 0 Å². The molecular formula is C54H28N6S. The van der Waals surface area contributed by atoms with Crippen molar-refractivity contribution in [3.63, 3.8) is 0 Å². The fourth-order valence-electron chi connectivity index (χ4n) is 10.1. The molecule has 7 heteroatoms. The zero-order valence-corrected chi connectivity index (χ0v) is 33.1. The molecule has 0 saturated carbocycles. The summed E-state index contributed by atoms with van der Waals surface area (Å²) in [6.45, 7) is 9.18. The van der Waals surface area contributed by atoms with Crippen LogP contribution in [0.25, 0.3) is 124 Å². The zero-order valence-electron chi connectivity index (χ0n) is 32.3. The smallest absolute Gasteiger partial charge is 0.220 e. The molecule has 0 unspecified atom stereocenters. The maximum absolute atomic E-state index is 11.8. The summed E-state index contributed by atoms with van der Waals surface area (Å²) in [6, 6.07) is 52.9. The van der Waals surface area contributed by atoms with E-state index < -0.39 is 0 Å². The van der Waals surface area contributed by atoms with Gasteiger partial charge >= 0.3 is 0 Å². The van der Waals surface area contributed by atoms with Gasteiger partial charge in [0.05, 0.1) is 58.0 Å². The number of para-hydroxylation sites is 1. The van der Waals surface area contributed by atoms with Gasteiger partial charge in [-0.1, -0.05) is 127 Å². The van der Waals surface area contributed by atoms with Crippen LogP contribution in [0.15, 0.2) is 170 Å². The second-order valence-corrected chi connectivity index (χ2v) is 16.5. The average Bonchev–Trinajstić information content (AvgIpc) is 3.99. The predicted octanol–water partition coefficient (Wildman–Crippen LogP) is 14.5. The second kappa shape index (κ2) is 12.6. The fourth-order valence-corrected chi connectivity index (χ4v) is 11.2. The van der Waals surface area contributed by atoms with Crippen molar-refractivity contribution in [2.45, 2.75) is 0 Å². The predicted molar refractivity (Wildman–Crippen MR) is 252 cm³/mol. The quantitative estimate of drug-likeness (QED) is 0.132. The van der Waals surface area contributed by atoms with Crippen LogP contribution in [0.3, 0.4) is 0 Å². The zero-order chi connectivity index (χ0) is 40.3. The van der Waals surface area contributed by atoms with Crippen molar-refractivity contribution in [1.29, 1.82) is 5.26 Å². The van der Waals surface area contributed by atoms with E-state index in [2.05, 4.69) is 117 Å².